The van der Waals surface area contributed by atoms with E-state index in [0.29, 0.717) is 6.54 Å². The summed E-state index contributed by atoms with van der Waals surface area (Å²) in [6.45, 7) is 10.2. The average Bonchev–Trinajstić information content (AvgIpc) is 2.56. The number of benzene rings is 1. The molecule has 4 nitrogen and oxygen atoms in total. The van der Waals surface area contributed by atoms with E-state index in [1.807, 2.05) is 64.1 Å². The Morgan fingerprint density at radius 2 is 1.84 bits per heavy atom. The molecule has 0 saturated heterocycles. The molecule has 0 spiro atoms. The van der Waals surface area contributed by atoms with E-state index in [1.54, 1.807) is 0 Å². The molecule has 0 aliphatic rings. The van der Waals surface area contributed by atoms with E-state index < -0.39 is 5.41 Å². The lowest BCUT2D eigenvalue weighted by molar-refractivity contribution is -0.151. The van der Waals surface area contributed by atoms with E-state index in [1.165, 1.54) is 0 Å². The molecule has 0 fully saturated rings. The lowest BCUT2D eigenvalue weighted by Crippen LogP contribution is -2.22. The maximum absolute atomic E-state index is 12.0. The molecule has 0 radical (unpaired) electrons. The second kappa shape index (κ2) is 10.0. The Balaban J connectivity index is 2.42. The number of Topliss-reactive ketones (excluding diaryl/α,β-unsaturated/α-hetero) is 1. The van der Waals surface area contributed by atoms with E-state index in [2.05, 4.69) is 12.2 Å². The molecule has 0 bridgehead atoms. The number of nitrogens with one attached hydrogen (secondary N) is 1. The van der Waals surface area contributed by atoms with Crippen molar-refractivity contribution in [3.8, 4) is 0 Å². The zero-order chi connectivity index (χ0) is 18.9. The van der Waals surface area contributed by atoms with Crippen molar-refractivity contribution in [2.75, 3.05) is 18.5 Å². The fourth-order valence-corrected chi connectivity index (χ4v) is 2.19. The number of carbonyl (C=O) groups excluding carboxylic acids is 2. The van der Waals surface area contributed by atoms with Crippen LogP contribution < -0.4 is 5.32 Å². The maximum Gasteiger partial charge on any atom is 0.311 e. The van der Waals surface area contributed by atoms with Gasteiger partial charge in [0, 0.05) is 11.6 Å². The predicted molar refractivity (Wildman–Crippen MR) is 103 cm³/mol. The molecular formula is C21H31NO3. The highest BCUT2D eigenvalue weighted by atomic mass is 16.5. The molecule has 1 atom stereocenters. The van der Waals surface area contributed by atoms with Gasteiger partial charge in [-0.05, 0) is 51.0 Å². The minimum Gasteiger partial charge on any atom is -0.461 e. The van der Waals surface area contributed by atoms with E-state index in [-0.39, 0.29) is 24.3 Å². The van der Waals surface area contributed by atoms with Crippen molar-refractivity contribution < 1.29 is 14.3 Å². The highest BCUT2D eigenvalue weighted by Crippen LogP contribution is 2.15. The van der Waals surface area contributed by atoms with Crippen molar-refractivity contribution in [2.45, 2.75) is 47.5 Å². The van der Waals surface area contributed by atoms with Crippen molar-refractivity contribution in [3.05, 3.63) is 35.9 Å². The number of esters is 1. The summed E-state index contributed by atoms with van der Waals surface area (Å²) in [5.74, 6) is 0.140. The quantitative estimate of drug-likeness (QED) is 0.659. The van der Waals surface area contributed by atoms with Gasteiger partial charge in [0.25, 0.3) is 0 Å². The second-order valence-corrected chi connectivity index (χ2v) is 7.38. The second-order valence-electron chi connectivity index (χ2n) is 7.38. The fourth-order valence-electron chi connectivity index (χ4n) is 2.19. The van der Waals surface area contributed by atoms with Crippen LogP contribution in [0, 0.1) is 11.3 Å². The number of carbonyl (C=O) groups is 2. The van der Waals surface area contributed by atoms with E-state index in [0.717, 1.165) is 24.1 Å². The first kappa shape index (κ1) is 20.9. The van der Waals surface area contributed by atoms with Gasteiger partial charge in [0.05, 0.1) is 12.0 Å². The predicted octanol–water partition coefficient (Wildman–Crippen LogP) is 4.71. The van der Waals surface area contributed by atoms with Crippen LogP contribution in [0.25, 0.3) is 6.08 Å². The third-order valence-corrected chi connectivity index (χ3v) is 3.88. The zero-order valence-corrected chi connectivity index (χ0v) is 16.1. The normalized spacial score (nSPS) is 12.8. The zero-order valence-electron chi connectivity index (χ0n) is 16.1. The van der Waals surface area contributed by atoms with Crippen molar-refractivity contribution >= 4 is 23.5 Å². The van der Waals surface area contributed by atoms with Crippen LogP contribution in [0.5, 0.6) is 0 Å². The molecule has 0 aliphatic carbocycles. The number of hydrogen-bond acceptors (Lipinski definition) is 4. The Bertz CT molecular complexity index is 582. The summed E-state index contributed by atoms with van der Waals surface area (Å²) >= 11 is 0. The average molecular weight is 345 g/mol. The summed E-state index contributed by atoms with van der Waals surface area (Å²) in [7, 11) is 0. The fraction of sp³-hybridized carbons (Fsp3) is 0.524. The Kier molecular flexibility index (Phi) is 8.39. The highest BCUT2D eigenvalue weighted by molar-refractivity contribution is 5.84. The molecule has 1 unspecified atom stereocenters. The summed E-state index contributed by atoms with van der Waals surface area (Å²) in [5, 5.41) is 3.17. The third-order valence-electron chi connectivity index (χ3n) is 3.88. The first-order valence-corrected chi connectivity index (χ1v) is 8.94. The molecule has 0 aromatic heterocycles. The topological polar surface area (TPSA) is 55.4 Å². The molecule has 0 aliphatic heterocycles. The van der Waals surface area contributed by atoms with E-state index in [4.69, 9.17) is 4.74 Å². The van der Waals surface area contributed by atoms with Crippen LogP contribution in [0.1, 0.15) is 53.0 Å². The van der Waals surface area contributed by atoms with Gasteiger partial charge in [-0.2, -0.15) is 0 Å². The molecular weight excluding hydrogens is 314 g/mol. The van der Waals surface area contributed by atoms with Crippen LogP contribution in [0.2, 0.25) is 0 Å². The lowest BCUT2D eigenvalue weighted by Gasteiger charge is -2.15. The molecule has 0 heterocycles. The molecule has 138 valence electrons. The van der Waals surface area contributed by atoms with Crippen molar-refractivity contribution in [1.29, 1.82) is 0 Å². The van der Waals surface area contributed by atoms with Crippen LogP contribution in [0.15, 0.2) is 30.3 Å². The minimum absolute atomic E-state index is 0.107. The van der Waals surface area contributed by atoms with Crippen LogP contribution in [-0.2, 0) is 14.3 Å². The molecule has 1 aromatic carbocycles. The first-order valence-electron chi connectivity index (χ1n) is 8.94. The Labute approximate surface area is 151 Å². The van der Waals surface area contributed by atoms with Crippen LogP contribution in [0.4, 0.5) is 5.69 Å². The van der Waals surface area contributed by atoms with Crippen LogP contribution >= 0.6 is 0 Å². The first-order chi connectivity index (χ1) is 11.7. The van der Waals surface area contributed by atoms with Gasteiger partial charge in [-0.1, -0.05) is 38.5 Å². The third kappa shape index (κ3) is 8.01. The Hall–Kier alpha value is -2.10. The van der Waals surface area contributed by atoms with Crippen molar-refractivity contribution in [1.82, 2.24) is 0 Å². The number of ether oxygens (including phenoxy) is 1. The van der Waals surface area contributed by atoms with Crippen LogP contribution in [-0.4, -0.2) is 24.9 Å². The molecule has 0 amide bonds. The molecule has 0 saturated carbocycles. The number of ketones is 1. The summed E-state index contributed by atoms with van der Waals surface area (Å²) in [6, 6.07) is 7.81. The summed E-state index contributed by atoms with van der Waals surface area (Å²) in [6.07, 6.45) is 5.69. The number of anilines is 1. The standard InChI is InChI=1S/C21H31NO3/c1-6-8-16(2)19(23)15-22-18-12-10-17(11-13-18)9-7-14-25-20(24)21(3,4)5/h7,9-13,16,22H,6,8,14-15H2,1-5H3/b9-7+. The molecule has 25 heavy (non-hydrogen) atoms. The van der Waals surface area contributed by atoms with E-state index in [9.17, 15) is 9.59 Å². The van der Waals surface area contributed by atoms with Crippen molar-refractivity contribution in [3.63, 3.8) is 0 Å². The minimum atomic E-state index is -0.479. The van der Waals surface area contributed by atoms with Crippen molar-refractivity contribution in [2.24, 2.45) is 11.3 Å². The smallest absolute Gasteiger partial charge is 0.311 e. The van der Waals surface area contributed by atoms with Gasteiger partial charge in [-0.15, -0.1) is 0 Å². The van der Waals surface area contributed by atoms with Gasteiger partial charge in [0.2, 0.25) is 0 Å². The summed E-state index contributed by atoms with van der Waals surface area (Å²) in [4.78, 5) is 23.6. The lowest BCUT2D eigenvalue weighted by atomic mass is 9.97. The molecule has 1 rings (SSSR count). The van der Waals surface area contributed by atoms with Gasteiger partial charge in [0.15, 0.2) is 5.78 Å². The maximum atomic E-state index is 12.0. The van der Waals surface area contributed by atoms with Gasteiger partial charge >= 0.3 is 5.97 Å². The van der Waals surface area contributed by atoms with Gasteiger partial charge in [-0.25, -0.2) is 0 Å². The van der Waals surface area contributed by atoms with Gasteiger partial charge in [-0.3, -0.25) is 9.59 Å². The Morgan fingerprint density at radius 3 is 2.40 bits per heavy atom. The summed E-state index contributed by atoms with van der Waals surface area (Å²) < 4.78 is 5.18. The molecule has 1 aromatic rings. The van der Waals surface area contributed by atoms with Gasteiger partial charge < -0.3 is 10.1 Å². The van der Waals surface area contributed by atoms with Crippen LogP contribution in [0.3, 0.4) is 0 Å². The van der Waals surface area contributed by atoms with Gasteiger partial charge in [0.1, 0.15) is 6.61 Å². The monoisotopic (exact) mass is 345 g/mol. The molecule has 1 N–H and O–H groups in total. The highest BCUT2D eigenvalue weighted by Gasteiger charge is 2.22. The molecule has 4 heteroatoms. The largest absolute Gasteiger partial charge is 0.461 e. The SMILES string of the molecule is CCCC(C)C(=O)CNc1ccc(/C=C/COC(=O)C(C)(C)C)cc1. The Morgan fingerprint density at radius 1 is 1.20 bits per heavy atom. The number of rotatable bonds is 9. The van der Waals surface area contributed by atoms with E-state index >= 15 is 0 Å². The summed E-state index contributed by atoms with van der Waals surface area (Å²) in [5.41, 5.74) is 1.46. The number of hydrogen-bond donors (Lipinski definition) is 1.